The molecule has 0 amide bonds. The monoisotopic (exact) mass is 410 g/mol. The Bertz CT molecular complexity index is 1060. The zero-order valence-electron chi connectivity index (χ0n) is 17.9. The highest BCUT2D eigenvalue weighted by Gasteiger charge is 2.73. The molecule has 3 saturated heterocycles. The number of pyridine rings is 1. The molecule has 9 nitrogen and oxygen atoms in total. The van der Waals surface area contributed by atoms with Gasteiger partial charge in [-0.25, -0.2) is 14.5 Å². The van der Waals surface area contributed by atoms with Crippen molar-refractivity contribution in [1.82, 2.24) is 14.6 Å². The summed E-state index contributed by atoms with van der Waals surface area (Å²) in [6, 6.07) is 2.19. The van der Waals surface area contributed by atoms with E-state index in [1.165, 1.54) is 12.1 Å². The summed E-state index contributed by atoms with van der Waals surface area (Å²) in [5.41, 5.74) is 13.9. The van der Waals surface area contributed by atoms with E-state index in [1.54, 1.807) is 6.92 Å². The van der Waals surface area contributed by atoms with E-state index >= 15 is 0 Å². The number of aryl methyl sites for hydroxylation is 1. The van der Waals surface area contributed by atoms with Crippen LogP contribution in [-0.4, -0.2) is 52.5 Å². The third kappa shape index (κ3) is 2.61. The van der Waals surface area contributed by atoms with Crippen LogP contribution in [0.5, 0.6) is 0 Å². The molecule has 4 unspecified atom stereocenters. The van der Waals surface area contributed by atoms with Crippen LogP contribution in [0.4, 0.5) is 5.69 Å². The van der Waals surface area contributed by atoms with Crippen LogP contribution in [0.15, 0.2) is 17.3 Å². The van der Waals surface area contributed by atoms with E-state index in [2.05, 4.69) is 36.0 Å². The van der Waals surface area contributed by atoms with Crippen molar-refractivity contribution < 1.29 is 4.74 Å². The van der Waals surface area contributed by atoms with Crippen molar-refractivity contribution in [3.63, 3.8) is 0 Å². The third-order valence-corrected chi connectivity index (χ3v) is 7.06. The molecular formula is C21H30N8O. The van der Waals surface area contributed by atoms with Gasteiger partial charge in [0.25, 0.3) is 0 Å². The van der Waals surface area contributed by atoms with Gasteiger partial charge in [0.15, 0.2) is 11.5 Å². The number of fused-ring (bicyclic) bond motifs is 2. The lowest BCUT2D eigenvalue weighted by Crippen LogP contribution is -2.59. The quantitative estimate of drug-likeness (QED) is 0.516. The smallest absolute Gasteiger partial charge is 0.184 e. The normalized spacial score (nSPS) is 33.3. The number of rotatable bonds is 4. The molecule has 0 radical (unpaired) electrons. The highest BCUT2D eigenvalue weighted by atomic mass is 16.5. The number of amidine groups is 2. The lowest BCUT2D eigenvalue weighted by atomic mass is 9.53. The molecule has 9 heteroatoms. The highest BCUT2D eigenvalue weighted by Crippen LogP contribution is 2.66. The van der Waals surface area contributed by atoms with E-state index < -0.39 is 5.60 Å². The first-order valence-electron chi connectivity index (χ1n) is 10.6. The fourth-order valence-electron chi connectivity index (χ4n) is 5.57. The van der Waals surface area contributed by atoms with Crippen molar-refractivity contribution >= 4 is 23.0 Å². The average Bonchev–Trinajstić information content (AvgIpc) is 3.41. The predicted octanol–water partition coefficient (Wildman–Crippen LogP) is 1.43. The van der Waals surface area contributed by atoms with Crippen LogP contribution in [0.25, 0.3) is 5.65 Å². The Labute approximate surface area is 176 Å². The summed E-state index contributed by atoms with van der Waals surface area (Å²) in [5.74, 6) is 1.59. The fraction of sp³-hybridized carbons (Fsp3) is 0.619. The Balaban J connectivity index is 1.55. The van der Waals surface area contributed by atoms with Gasteiger partial charge in [-0.3, -0.25) is 5.41 Å². The second kappa shape index (κ2) is 6.49. The number of aliphatic imine (C=N–C) groups is 1. The molecule has 4 atom stereocenters. The van der Waals surface area contributed by atoms with Crippen LogP contribution in [0.1, 0.15) is 38.1 Å². The maximum Gasteiger partial charge on any atom is 0.184 e. The van der Waals surface area contributed by atoms with Gasteiger partial charge in [0.05, 0.1) is 30.2 Å². The first kappa shape index (κ1) is 19.4. The van der Waals surface area contributed by atoms with Gasteiger partial charge in [0, 0.05) is 25.0 Å². The van der Waals surface area contributed by atoms with E-state index in [0.29, 0.717) is 37.2 Å². The van der Waals surface area contributed by atoms with E-state index in [-0.39, 0.29) is 17.2 Å². The predicted molar refractivity (Wildman–Crippen MR) is 116 cm³/mol. The van der Waals surface area contributed by atoms with E-state index in [4.69, 9.17) is 31.7 Å². The van der Waals surface area contributed by atoms with Gasteiger partial charge < -0.3 is 21.1 Å². The molecule has 2 bridgehead atoms. The number of aromatic nitrogens is 3. The lowest BCUT2D eigenvalue weighted by Gasteiger charge is -2.50. The minimum Gasteiger partial charge on any atom is -0.387 e. The Morgan fingerprint density at radius 2 is 2.27 bits per heavy atom. The maximum atomic E-state index is 8.55. The van der Waals surface area contributed by atoms with Crippen molar-refractivity contribution in [2.45, 2.75) is 39.2 Å². The zero-order valence-corrected chi connectivity index (χ0v) is 17.9. The maximum absolute atomic E-state index is 8.55. The summed E-state index contributed by atoms with van der Waals surface area (Å²) >= 11 is 0. The molecule has 2 aromatic rings. The highest BCUT2D eigenvalue weighted by molar-refractivity contribution is 5.96. The van der Waals surface area contributed by atoms with Crippen LogP contribution in [0, 0.1) is 29.6 Å². The van der Waals surface area contributed by atoms with Gasteiger partial charge in [0.1, 0.15) is 11.4 Å². The molecule has 1 saturated carbocycles. The Morgan fingerprint density at radius 3 is 2.93 bits per heavy atom. The molecule has 0 spiro atoms. The van der Waals surface area contributed by atoms with Crippen molar-refractivity contribution in [3.8, 4) is 0 Å². The second-order valence-electron chi connectivity index (χ2n) is 9.42. The summed E-state index contributed by atoms with van der Waals surface area (Å²) in [4.78, 5) is 11.5. The second-order valence-corrected chi connectivity index (χ2v) is 9.42. The van der Waals surface area contributed by atoms with Crippen molar-refractivity contribution in [2.75, 3.05) is 31.1 Å². The summed E-state index contributed by atoms with van der Waals surface area (Å²) in [7, 11) is 0. The minimum atomic E-state index is -0.754. The Hall–Kier alpha value is -2.52. The Morgan fingerprint density at radius 1 is 1.47 bits per heavy atom. The number of nitrogens with two attached hydrogens (primary N) is 2. The number of anilines is 1. The van der Waals surface area contributed by atoms with Crippen molar-refractivity contribution in [3.05, 3.63) is 23.7 Å². The summed E-state index contributed by atoms with van der Waals surface area (Å²) < 4.78 is 8.11. The first-order chi connectivity index (χ1) is 14.3. The summed E-state index contributed by atoms with van der Waals surface area (Å²) in [6.45, 7) is 9.09. The first-order valence-corrected chi connectivity index (χ1v) is 10.6. The number of nitrogens with zero attached hydrogens (tertiary/aromatic N) is 5. The molecule has 2 aromatic heterocycles. The van der Waals surface area contributed by atoms with Crippen LogP contribution in [0.3, 0.4) is 0 Å². The number of hydrogen-bond acceptors (Lipinski definition) is 6. The molecule has 160 valence electrons. The van der Waals surface area contributed by atoms with Crippen LogP contribution >= 0.6 is 0 Å². The third-order valence-electron chi connectivity index (χ3n) is 7.06. The molecule has 4 aliphatic rings. The summed E-state index contributed by atoms with van der Waals surface area (Å²) in [5, 5.41) is 13.4. The van der Waals surface area contributed by atoms with Gasteiger partial charge in [-0.05, 0) is 44.2 Å². The molecular weight excluding hydrogens is 380 g/mol. The molecule has 5 N–H and O–H groups in total. The van der Waals surface area contributed by atoms with Crippen LogP contribution < -0.4 is 16.4 Å². The average molecular weight is 411 g/mol. The number of ether oxygens (including phenoxy) is 1. The van der Waals surface area contributed by atoms with E-state index in [1.807, 2.05) is 4.52 Å². The molecule has 6 rings (SSSR count). The van der Waals surface area contributed by atoms with Gasteiger partial charge in [-0.2, -0.15) is 0 Å². The van der Waals surface area contributed by atoms with Crippen LogP contribution in [-0.2, 0) is 10.3 Å². The lowest BCUT2D eigenvalue weighted by molar-refractivity contribution is -0.0601. The van der Waals surface area contributed by atoms with Gasteiger partial charge in [-0.1, -0.05) is 6.92 Å². The van der Waals surface area contributed by atoms with E-state index in [0.717, 1.165) is 24.3 Å². The van der Waals surface area contributed by atoms with Gasteiger partial charge in [0.2, 0.25) is 0 Å². The standard InChI is InChI=1S/C21H30N8O/c1-12-4-5-28(7-12)15-6-13(2)18-26-19(27-29(18)8-15)21-9-20(10-22,11-30-21)16(21)17(24)25-14(3)23/h6,8,12,16H,4-5,7,9-11,22H2,1-3H3,(H3,23,24,25). The SMILES string of the molecule is CC(N)=NC(=N)C1C2(CN)COC1(c1nc3c(C)cc(N4CCC(C)C4)cn3n1)C2. The molecule has 0 aromatic carbocycles. The molecule has 30 heavy (non-hydrogen) atoms. The molecule has 4 fully saturated rings. The summed E-state index contributed by atoms with van der Waals surface area (Å²) in [6.07, 6.45) is 3.97. The molecule has 3 aliphatic heterocycles. The van der Waals surface area contributed by atoms with Gasteiger partial charge in [-0.15, -0.1) is 5.10 Å². The zero-order chi connectivity index (χ0) is 21.3. The van der Waals surface area contributed by atoms with Crippen molar-refractivity contribution in [2.24, 2.45) is 33.7 Å². The fourth-order valence-corrected chi connectivity index (χ4v) is 5.57. The van der Waals surface area contributed by atoms with Gasteiger partial charge >= 0.3 is 0 Å². The van der Waals surface area contributed by atoms with Crippen molar-refractivity contribution in [1.29, 1.82) is 5.41 Å². The minimum absolute atomic E-state index is 0.200. The van der Waals surface area contributed by atoms with E-state index in [9.17, 15) is 0 Å². The Kier molecular flexibility index (Phi) is 4.20. The molecule has 5 heterocycles. The number of nitrogens with one attached hydrogen (secondary N) is 1. The largest absolute Gasteiger partial charge is 0.387 e. The van der Waals surface area contributed by atoms with Crippen LogP contribution in [0.2, 0.25) is 0 Å². The molecule has 1 aliphatic carbocycles. The topological polar surface area (TPSA) is 131 Å². The number of hydrogen-bond donors (Lipinski definition) is 3.